The fourth-order valence-electron chi connectivity index (χ4n) is 3.67. The second-order valence-corrected chi connectivity index (χ2v) is 8.43. The maximum absolute atomic E-state index is 13.1. The zero-order chi connectivity index (χ0) is 27.0. The largest absolute Gasteiger partial charge is 0.490 e. The van der Waals surface area contributed by atoms with Gasteiger partial charge in [-0.3, -0.25) is 9.69 Å². The molecule has 37 heavy (non-hydrogen) atoms. The molecule has 3 aromatic rings. The molecule has 1 saturated heterocycles. The third-order valence-electron chi connectivity index (χ3n) is 5.57. The number of hydrogen-bond donors (Lipinski definition) is 2. The number of piperidine rings is 1. The zero-order valence-electron chi connectivity index (χ0n) is 19.9. The topological polar surface area (TPSA) is 92.0 Å². The zero-order valence-corrected chi connectivity index (χ0v) is 19.9. The molecule has 2 N–H and O–H groups in total. The van der Waals surface area contributed by atoms with Crippen LogP contribution in [0.25, 0.3) is 0 Å². The summed E-state index contributed by atoms with van der Waals surface area (Å²) >= 11 is 0. The number of carbonyl (C=O) groups excluding carboxylic acids is 1. The molecule has 0 unspecified atom stereocenters. The number of hydrogen-bond acceptors (Lipinski definition) is 5. The number of nitrogens with zero attached hydrogens (tertiary/aromatic N) is 1. The van der Waals surface area contributed by atoms with Gasteiger partial charge in [-0.25, -0.2) is 9.18 Å². The van der Waals surface area contributed by atoms with Crippen LogP contribution in [0.2, 0.25) is 0 Å². The van der Waals surface area contributed by atoms with Crippen LogP contribution in [0.3, 0.4) is 0 Å². The van der Waals surface area contributed by atoms with Crippen molar-refractivity contribution in [2.24, 2.45) is 0 Å². The van der Waals surface area contributed by atoms with Crippen molar-refractivity contribution in [3.05, 3.63) is 83.6 Å². The summed E-state index contributed by atoms with van der Waals surface area (Å²) in [6, 6.07) is 15.7. The summed E-state index contributed by atoms with van der Waals surface area (Å²) in [4.78, 5) is 23.4. The molecule has 1 amide bonds. The number of amides is 1. The Labute approximate surface area is 210 Å². The molecule has 0 bridgehead atoms. The third kappa shape index (κ3) is 8.64. The molecule has 0 aliphatic carbocycles. The van der Waals surface area contributed by atoms with E-state index in [-0.39, 0.29) is 23.6 Å². The number of rotatable bonds is 6. The number of halogens is 4. The summed E-state index contributed by atoms with van der Waals surface area (Å²) in [6.07, 6.45) is -1.56. The lowest BCUT2D eigenvalue weighted by atomic mass is 10.1. The van der Waals surface area contributed by atoms with E-state index in [2.05, 4.69) is 10.2 Å². The van der Waals surface area contributed by atoms with E-state index in [1.54, 1.807) is 12.1 Å². The highest BCUT2D eigenvalue weighted by atomic mass is 19.4. The molecule has 1 fully saturated rings. The minimum Gasteiger partial charge on any atom is -0.490 e. The molecule has 1 aromatic heterocycles. The number of likely N-dealkylation sites (tertiary alicyclic amines) is 1. The Hall–Kier alpha value is -3.86. The van der Waals surface area contributed by atoms with Gasteiger partial charge in [0, 0.05) is 25.3 Å². The minimum atomic E-state index is -5.08. The van der Waals surface area contributed by atoms with Crippen molar-refractivity contribution in [3.8, 4) is 5.75 Å². The van der Waals surface area contributed by atoms with Gasteiger partial charge < -0.3 is 19.6 Å². The Morgan fingerprint density at radius 3 is 2.30 bits per heavy atom. The summed E-state index contributed by atoms with van der Waals surface area (Å²) in [5.41, 5.74) is 2.80. The van der Waals surface area contributed by atoms with E-state index in [9.17, 15) is 22.4 Å². The monoisotopic (exact) mass is 522 g/mol. The average Bonchev–Trinajstić information content (AvgIpc) is 3.39. The van der Waals surface area contributed by atoms with E-state index < -0.39 is 12.1 Å². The van der Waals surface area contributed by atoms with Crippen molar-refractivity contribution in [2.75, 3.05) is 18.4 Å². The van der Waals surface area contributed by atoms with Crippen molar-refractivity contribution in [3.63, 3.8) is 0 Å². The molecule has 198 valence electrons. The van der Waals surface area contributed by atoms with Crippen LogP contribution in [-0.4, -0.2) is 47.3 Å². The molecule has 0 atom stereocenters. The number of carboxylic acids is 1. The van der Waals surface area contributed by atoms with E-state index in [1.807, 2.05) is 37.3 Å². The molecule has 2 aromatic carbocycles. The minimum absolute atomic E-state index is 0.164. The van der Waals surface area contributed by atoms with Gasteiger partial charge >= 0.3 is 12.1 Å². The van der Waals surface area contributed by atoms with Crippen LogP contribution in [0.4, 0.5) is 23.2 Å². The highest BCUT2D eigenvalue weighted by Gasteiger charge is 2.38. The van der Waals surface area contributed by atoms with Gasteiger partial charge in [0.1, 0.15) is 17.7 Å². The summed E-state index contributed by atoms with van der Waals surface area (Å²) in [5, 5.41) is 9.96. The molecule has 1 aliphatic heterocycles. The van der Waals surface area contributed by atoms with Crippen LogP contribution >= 0.6 is 0 Å². The first-order chi connectivity index (χ1) is 17.5. The molecular formula is C26H26F4N2O5. The number of carboxylic acid groups (broad SMARTS) is 1. The summed E-state index contributed by atoms with van der Waals surface area (Å²) in [7, 11) is 0. The van der Waals surface area contributed by atoms with Crippen molar-refractivity contribution < 1.29 is 41.4 Å². The number of benzene rings is 2. The van der Waals surface area contributed by atoms with Crippen molar-refractivity contribution >= 4 is 17.6 Å². The lowest BCUT2D eigenvalue weighted by molar-refractivity contribution is -0.192. The predicted molar refractivity (Wildman–Crippen MR) is 127 cm³/mol. The first-order valence-electron chi connectivity index (χ1n) is 11.4. The highest BCUT2D eigenvalue weighted by Crippen LogP contribution is 2.26. The van der Waals surface area contributed by atoms with Gasteiger partial charge in [0.05, 0.1) is 6.26 Å². The second-order valence-electron chi connectivity index (χ2n) is 8.43. The molecule has 2 heterocycles. The van der Waals surface area contributed by atoms with Crippen LogP contribution in [0.15, 0.2) is 65.3 Å². The van der Waals surface area contributed by atoms with E-state index in [4.69, 9.17) is 19.1 Å². The molecule has 4 rings (SSSR count). The second kappa shape index (κ2) is 12.4. The number of aryl methyl sites for hydroxylation is 1. The summed E-state index contributed by atoms with van der Waals surface area (Å²) in [5.74, 6) is -2.12. The Bertz CT molecular complexity index is 1170. The fourth-order valence-corrected chi connectivity index (χ4v) is 3.67. The number of alkyl halides is 3. The number of ether oxygens (including phenoxy) is 1. The van der Waals surface area contributed by atoms with Crippen LogP contribution < -0.4 is 10.1 Å². The Morgan fingerprint density at radius 2 is 1.76 bits per heavy atom. The number of furan rings is 1. The van der Waals surface area contributed by atoms with E-state index in [0.29, 0.717) is 5.69 Å². The number of nitrogens with one attached hydrogen (secondary N) is 1. The maximum Gasteiger partial charge on any atom is 0.490 e. The molecule has 7 nitrogen and oxygen atoms in total. The quantitative estimate of drug-likeness (QED) is 0.406. The Kier molecular flexibility index (Phi) is 9.29. The first-order valence-corrected chi connectivity index (χ1v) is 11.4. The van der Waals surface area contributed by atoms with Crippen LogP contribution in [0.1, 0.15) is 34.5 Å². The molecule has 0 radical (unpaired) electrons. The van der Waals surface area contributed by atoms with E-state index in [0.717, 1.165) is 49.4 Å². The van der Waals surface area contributed by atoms with E-state index >= 15 is 0 Å². The lowest BCUT2D eigenvalue weighted by Crippen LogP contribution is -2.37. The molecule has 0 spiro atoms. The number of anilines is 1. The number of carbonyl (C=O) groups is 2. The van der Waals surface area contributed by atoms with Crippen molar-refractivity contribution in [1.29, 1.82) is 0 Å². The van der Waals surface area contributed by atoms with Crippen LogP contribution in [0, 0.1) is 12.7 Å². The standard InChI is InChI=1S/C24H25FN2O3.C2HF3O2/c1-17-15-20(26-24(28)23-3-2-14-29-23)8-9-22(17)30-21-10-12-27(13-11-21)16-18-4-6-19(25)7-5-18;3-2(4,5)1(6)7/h2-9,14-15,21H,10-13,16H2,1H3,(H,26,28);(H,6,7). The van der Waals surface area contributed by atoms with Gasteiger partial charge in [-0.2, -0.15) is 13.2 Å². The summed E-state index contributed by atoms with van der Waals surface area (Å²) < 4.78 is 56.1. The SMILES string of the molecule is Cc1cc(NC(=O)c2ccco2)ccc1OC1CCN(Cc2ccc(F)cc2)CC1.O=C(O)C(F)(F)F. The van der Waals surface area contributed by atoms with Gasteiger partial charge in [-0.05, 0) is 73.4 Å². The first kappa shape index (κ1) is 27.7. The molecule has 11 heteroatoms. The molecule has 1 aliphatic rings. The number of aliphatic carboxylic acids is 1. The van der Waals surface area contributed by atoms with Crippen molar-refractivity contribution in [1.82, 2.24) is 4.90 Å². The molecular weight excluding hydrogens is 496 g/mol. The third-order valence-corrected chi connectivity index (χ3v) is 5.57. The average molecular weight is 522 g/mol. The Morgan fingerprint density at radius 1 is 1.11 bits per heavy atom. The smallest absolute Gasteiger partial charge is 0.490 e. The summed E-state index contributed by atoms with van der Waals surface area (Å²) in [6.45, 7) is 4.69. The van der Waals surface area contributed by atoms with Crippen LogP contribution in [-0.2, 0) is 11.3 Å². The van der Waals surface area contributed by atoms with Gasteiger partial charge in [0.2, 0.25) is 0 Å². The maximum atomic E-state index is 13.1. The highest BCUT2D eigenvalue weighted by molar-refractivity contribution is 6.02. The predicted octanol–water partition coefficient (Wildman–Crippen LogP) is 5.66. The normalized spacial score (nSPS) is 14.4. The van der Waals surface area contributed by atoms with Gasteiger partial charge in [0.15, 0.2) is 5.76 Å². The van der Waals surface area contributed by atoms with Gasteiger partial charge in [-0.15, -0.1) is 0 Å². The van der Waals surface area contributed by atoms with Gasteiger partial charge in [0.25, 0.3) is 5.91 Å². The van der Waals surface area contributed by atoms with E-state index in [1.165, 1.54) is 18.4 Å². The molecule has 0 saturated carbocycles. The van der Waals surface area contributed by atoms with Crippen molar-refractivity contribution in [2.45, 2.75) is 38.6 Å². The fraction of sp³-hybridized carbons (Fsp3) is 0.308. The lowest BCUT2D eigenvalue weighted by Gasteiger charge is -2.32. The Balaban J connectivity index is 0.000000479. The van der Waals surface area contributed by atoms with Gasteiger partial charge in [-0.1, -0.05) is 12.1 Å². The van der Waals surface area contributed by atoms with Crippen LogP contribution in [0.5, 0.6) is 5.75 Å².